The average molecular weight is 312 g/mol. The first-order valence-corrected chi connectivity index (χ1v) is 7.27. The summed E-state index contributed by atoms with van der Waals surface area (Å²) in [5.74, 6) is -0.675. The van der Waals surface area contributed by atoms with Crippen LogP contribution < -0.4 is 5.32 Å². The van der Waals surface area contributed by atoms with Crippen LogP contribution in [0.2, 0.25) is 0 Å². The zero-order chi connectivity index (χ0) is 16.3. The molecule has 0 radical (unpaired) electrons. The minimum atomic E-state index is -0.502. The second-order valence-corrected chi connectivity index (χ2v) is 5.55. The van der Waals surface area contributed by atoms with Crippen molar-refractivity contribution in [1.82, 2.24) is 5.32 Å². The lowest BCUT2D eigenvalue weighted by molar-refractivity contribution is -0.0966. The van der Waals surface area contributed by atoms with E-state index in [0.29, 0.717) is 18.7 Å². The number of nitrogens with zero attached hydrogens (tertiary/aromatic N) is 1. The van der Waals surface area contributed by atoms with Gasteiger partial charge in [-0.2, -0.15) is 0 Å². The monoisotopic (exact) mass is 312 g/mol. The number of methoxy groups -OCH3 is 2. The number of rotatable bonds is 5. The fourth-order valence-electron chi connectivity index (χ4n) is 2.76. The third-order valence-electron chi connectivity index (χ3n) is 4.06. The van der Waals surface area contributed by atoms with Crippen molar-refractivity contribution in [2.45, 2.75) is 26.1 Å². The predicted octanol–water partition coefficient (Wildman–Crippen LogP) is 2.61. The summed E-state index contributed by atoms with van der Waals surface area (Å²) < 4.78 is 38.5. The third kappa shape index (κ3) is 3.44. The Kier molecular flexibility index (Phi) is 5.47. The van der Waals surface area contributed by atoms with Gasteiger partial charge in [-0.05, 0) is 24.6 Å². The van der Waals surface area contributed by atoms with Gasteiger partial charge in [0.15, 0.2) is 6.29 Å². The van der Waals surface area contributed by atoms with Gasteiger partial charge in [0, 0.05) is 38.2 Å². The molecule has 122 valence electrons. The highest BCUT2D eigenvalue weighted by Gasteiger charge is 2.33. The van der Waals surface area contributed by atoms with E-state index in [1.807, 2.05) is 6.92 Å². The molecule has 22 heavy (non-hydrogen) atoms. The van der Waals surface area contributed by atoms with Crippen molar-refractivity contribution < 1.29 is 18.3 Å². The lowest BCUT2D eigenvalue weighted by Crippen LogP contribution is -2.36. The molecule has 0 unspecified atom stereocenters. The van der Waals surface area contributed by atoms with Crippen LogP contribution >= 0.6 is 0 Å². The summed E-state index contributed by atoms with van der Waals surface area (Å²) in [6.07, 6.45) is -0.387. The fourth-order valence-corrected chi connectivity index (χ4v) is 2.76. The first-order valence-electron chi connectivity index (χ1n) is 7.27. The van der Waals surface area contributed by atoms with Gasteiger partial charge in [0.1, 0.15) is 17.5 Å². The number of hydrogen-bond donors (Lipinski definition) is 1. The highest BCUT2D eigenvalue weighted by molar-refractivity contribution is 5.87. The quantitative estimate of drug-likeness (QED) is 0.850. The Morgan fingerprint density at radius 2 is 1.86 bits per heavy atom. The smallest absolute Gasteiger partial charge is 0.173 e. The van der Waals surface area contributed by atoms with Gasteiger partial charge in [0.05, 0.1) is 6.54 Å². The molecule has 0 aliphatic carbocycles. The predicted molar refractivity (Wildman–Crippen MR) is 81.1 cm³/mol. The molecule has 0 amide bonds. The fraction of sp³-hybridized carbons (Fsp3) is 0.562. The molecule has 1 N–H and O–H groups in total. The van der Waals surface area contributed by atoms with Gasteiger partial charge in [0.2, 0.25) is 0 Å². The van der Waals surface area contributed by atoms with Crippen LogP contribution in [0.5, 0.6) is 0 Å². The molecule has 6 heteroatoms. The maximum atomic E-state index is 14.1. The van der Waals surface area contributed by atoms with Crippen molar-refractivity contribution in [2.24, 2.45) is 10.9 Å². The Hall–Kier alpha value is -1.53. The number of aryl methyl sites for hydroxylation is 1. The van der Waals surface area contributed by atoms with E-state index >= 15 is 0 Å². The first-order chi connectivity index (χ1) is 10.5. The summed E-state index contributed by atoms with van der Waals surface area (Å²) in [6, 6.07) is 2.73. The van der Waals surface area contributed by atoms with Crippen LogP contribution in [0.25, 0.3) is 0 Å². The molecule has 0 saturated heterocycles. The number of aliphatic imine (C=N–C) groups is 1. The van der Waals surface area contributed by atoms with Gasteiger partial charge in [-0.1, -0.05) is 6.92 Å². The summed E-state index contributed by atoms with van der Waals surface area (Å²) in [4.78, 5) is 4.38. The summed E-state index contributed by atoms with van der Waals surface area (Å²) in [6.45, 7) is 4.39. The first kappa shape index (κ1) is 16.8. The van der Waals surface area contributed by atoms with Gasteiger partial charge in [-0.15, -0.1) is 0 Å². The molecule has 4 nitrogen and oxygen atoms in total. The number of amidine groups is 1. The van der Waals surface area contributed by atoms with E-state index in [2.05, 4.69) is 10.3 Å². The topological polar surface area (TPSA) is 42.8 Å². The van der Waals surface area contributed by atoms with E-state index < -0.39 is 11.6 Å². The minimum absolute atomic E-state index is 0.0962. The Bertz CT molecular complexity index is 536. The highest BCUT2D eigenvalue weighted by atomic mass is 19.1. The van der Waals surface area contributed by atoms with Crippen LogP contribution in [-0.4, -0.2) is 39.4 Å². The second kappa shape index (κ2) is 7.15. The van der Waals surface area contributed by atoms with Gasteiger partial charge in [0.25, 0.3) is 0 Å². The molecule has 0 saturated carbocycles. The largest absolute Gasteiger partial charge is 0.368 e. The maximum Gasteiger partial charge on any atom is 0.173 e. The van der Waals surface area contributed by atoms with Crippen LogP contribution in [0.15, 0.2) is 17.1 Å². The number of halogens is 2. The van der Waals surface area contributed by atoms with Crippen LogP contribution in [0.4, 0.5) is 8.78 Å². The van der Waals surface area contributed by atoms with Crippen molar-refractivity contribution in [3.63, 3.8) is 0 Å². The van der Waals surface area contributed by atoms with Crippen LogP contribution in [0.3, 0.4) is 0 Å². The Labute approximate surface area is 129 Å². The van der Waals surface area contributed by atoms with Crippen LogP contribution in [-0.2, 0) is 9.47 Å². The lowest BCUT2D eigenvalue weighted by Gasteiger charge is -2.21. The standard InChI is InChI=1S/C16H22F2N2O2/c1-9-5-12(17)15(13(18)6-9)11-7-19-16(10(11)2)20-8-14(21-3)22-4/h5-6,10-11,14H,7-8H2,1-4H3,(H,19,20)/t10-,11+/m0/s1. The summed E-state index contributed by atoms with van der Waals surface area (Å²) in [7, 11) is 3.10. The zero-order valence-electron chi connectivity index (χ0n) is 13.3. The van der Waals surface area contributed by atoms with Gasteiger partial charge < -0.3 is 14.8 Å². The van der Waals surface area contributed by atoms with Gasteiger partial charge >= 0.3 is 0 Å². The molecule has 0 spiro atoms. The van der Waals surface area contributed by atoms with Crippen molar-refractivity contribution >= 4 is 5.84 Å². The molecule has 0 fully saturated rings. The molecule has 1 heterocycles. The van der Waals surface area contributed by atoms with Gasteiger partial charge in [-0.25, -0.2) is 8.78 Å². The number of ether oxygens (including phenoxy) is 2. The molecule has 1 aliphatic heterocycles. The Balaban J connectivity index is 2.09. The molecule has 1 aromatic carbocycles. The van der Waals surface area contributed by atoms with E-state index in [-0.39, 0.29) is 23.7 Å². The molecule has 2 atom stereocenters. The normalized spacial score (nSPS) is 21.3. The molecule has 2 rings (SSSR count). The van der Waals surface area contributed by atoms with E-state index in [1.54, 1.807) is 21.1 Å². The Morgan fingerprint density at radius 1 is 1.27 bits per heavy atom. The average Bonchev–Trinajstić information content (AvgIpc) is 2.81. The van der Waals surface area contributed by atoms with Crippen molar-refractivity contribution in [1.29, 1.82) is 0 Å². The van der Waals surface area contributed by atoms with Crippen LogP contribution in [0, 0.1) is 24.5 Å². The van der Waals surface area contributed by atoms with Gasteiger partial charge in [-0.3, -0.25) is 4.99 Å². The highest BCUT2D eigenvalue weighted by Crippen LogP contribution is 2.34. The van der Waals surface area contributed by atoms with E-state index in [4.69, 9.17) is 9.47 Å². The number of hydrogen-bond acceptors (Lipinski definition) is 4. The minimum Gasteiger partial charge on any atom is -0.368 e. The summed E-state index contributed by atoms with van der Waals surface area (Å²) >= 11 is 0. The van der Waals surface area contributed by atoms with E-state index in [0.717, 1.165) is 5.84 Å². The van der Waals surface area contributed by atoms with Crippen LogP contribution in [0.1, 0.15) is 24.0 Å². The van der Waals surface area contributed by atoms with Crippen molar-refractivity contribution in [2.75, 3.05) is 27.3 Å². The SMILES string of the molecule is COC(CNC1=NC[C@@H](c2c(F)cc(C)cc2F)[C@@H]1C)OC. The molecular formula is C16H22F2N2O2. The van der Waals surface area contributed by atoms with E-state index in [1.165, 1.54) is 12.1 Å². The molecule has 0 aromatic heterocycles. The molecule has 0 bridgehead atoms. The molecule has 1 aromatic rings. The number of nitrogens with one attached hydrogen (secondary N) is 1. The second-order valence-electron chi connectivity index (χ2n) is 5.55. The molecular weight excluding hydrogens is 290 g/mol. The summed E-state index contributed by atoms with van der Waals surface area (Å²) in [5.41, 5.74) is 0.695. The molecule has 1 aliphatic rings. The van der Waals surface area contributed by atoms with Crippen molar-refractivity contribution in [3.8, 4) is 0 Å². The number of benzene rings is 1. The zero-order valence-corrected chi connectivity index (χ0v) is 13.3. The third-order valence-corrected chi connectivity index (χ3v) is 4.06. The van der Waals surface area contributed by atoms with E-state index in [9.17, 15) is 8.78 Å². The maximum absolute atomic E-state index is 14.1. The Morgan fingerprint density at radius 3 is 2.41 bits per heavy atom. The lowest BCUT2D eigenvalue weighted by atomic mass is 9.87. The summed E-state index contributed by atoms with van der Waals surface area (Å²) in [5, 5.41) is 3.14. The van der Waals surface area contributed by atoms with Crippen molar-refractivity contribution in [3.05, 3.63) is 34.9 Å².